The number of alkyl halides is 5. The molecule has 0 N–H and O–H groups in total. The Bertz CT molecular complexity index is 1090. The monoisotopic (exact) mass is 500 g/mol. The van der Waals surface area contributed by atoms with E-state index in [1.165, 1.54) is 36.4 Å². The molecule has 0 aliphatic rings. The third-order valence-electron chi connectivity index (χ3n) is 5.26. The first-order valence-electron chi connectivity index (χ1n) is 11.0. The zero-order valence-electron chi connectivity index (χ0n) is 18.8. The van der Waals surface area contributed by atoms with Crippen molar-refractivity contribution >= 4 is 0 Å². The maximum Gasteiger partial charge on any atom is 0.573 e. The second-order valence-electron chi connectivity index (χ2n) is 8.00. The second-order valence-corrected chi connectivity index (χ2v) is 8.00. The number of hydrogen-bond donors (Lipinski definition) is 0. The van der Waals surface area contributed by atoms with E-state index in [2.05, 4.69) is 11.7 Å². The van der Waals surface area contributed by atoms with Gasteiger partial charge in [0.1, 0.15) is 5.75 Å². The van der Waals surface area contributed by atoms with Crippen molar-refractivity contribution in [1.82, 2.24) is 0 Å². The van der Waals surface area contributed by atoms with Crippen molar-refractivity contribution in [2.24, 2.45) is 0 Å². The molecule has 3 aromatic rings. The van der Waals surface area contributed by atoms with Crippen LogP contribution in [-0.2, 0) is 25.4 Å². The molecule has 0 unspecified atom stereocenters. The Labute approximate surface area is 198 Å². The molecule has 0 atom stereocenters. The van der Waals surface area contributed by atoms with Crippen molar-refractivity contribution in [3.8, 4) is 11.5 Å². The lowest BCUT2D eigenvalue weighted by molar-refractivity contribution is -0.276. The largest absolute Gasteiger partial charge is 0.573 e. The van der Waals surface area contributed by atoms with Crippen LogP contribution in [0.5, 0.6) is 11.5 Å². The quantitative estimate of drug-likeness (QED) is 0.262. The molecule has 2 nitrogen and oxygen atoms in total. The maximum absolute atomic E-state index is 14.5. The predicted octanol–water partition coefficient (Wildman–Crippen LogP) is 8.12. The lowest BCUT2D eigenvalue weighted by Crippen LogP contribution is -2.21. The molecule has 0 aliphatic carbocycles. The van der Waals surface area contributed by atoms with Gasteiger partial charge in [0.2, 0.25) is 5.75 Å². The van der Waals surface area contributed by atoms with Gasteiger partial charge in [0, 0.05) is 0 Å². The molecule has 0 heterocycles. The molecule has 3 aromatic carbocycles. The third kappa shape index (κ3) is 7.63. The van der Waals surface area contributed by atoms with Crippen LogP contribution in [0.25, 0.3) is 0 Å². The first-order valence-corrected chi connectivity index (χ1v) is 11.0. The summed E-state index contributed by atoms with van der Waals surface area (Å²) in [5.41, 5.74) is 1.46. The summed E-state index contributed by atoms with van der Waals surface area (Å²) in [4.78, 5) is 0. The molecule has 0 aliphatic heterocycles. The van der Waals surface area contributed by atoms with Gasteiger partial charge in [0.05, 0.1) is 5.56 Å². The fourth-order valence-corrected chi connectivity index (χ4v) is 3.44. The van der Waals surface area contributed by atoms with Crippen LogP contribution in [0.1, 0.15) is 42.0 Å². The fourth-order valence-electron chi connectivity index (χ4n) is 3.44. The van der Waals surface area contributed by atoms with E-state index < -0.39 is 29.9 Å². The highest BCUT2D eigenvalue weighted by Crippen LogP contribution is 2.32. The molecule has 3 rings (SSSR count). The van der Waals surface area contributed by atoms with Gasteiger partial charge in [-0.2, -0.15) is 8.78 Å². The van der Waals surface area contributed by atoms with Crippen molar-refractivity contribution in [1.29, 1.82) is 0 Å². The Balaban J connectivity index is 1.60. The van der Waals surface area contributed by atoms with E-state index in [-0.39, 0.29) is 29.7 Å². The topological polar surface area (TPSA) is 18.5 Å². The minimum Gasteiger partial charge on any atom is -0.429 e. The Morgan fingerprint density at radius 1 is 0.657 bits per heavy atom. The zero-order chi connectivity index (χ0) is 25.6. The van der Waals surface area contributed by atoms with Gasteiger partial charge in [0.25, 0.3) is 0 Å². The summed E-state index contributed by atoms with van der Waals surface area (Å²) in [5.74, 6) is -4.53. The van der Waals surface area contributed by atoms with Crippen molar-refractivity contribution in [2.45, 2.75) is 51.5 Å². The molecule has 0 amide bonds. The molecule has 9 heteroatoms. The molecule has 0 saturated carbocycles. The van der Waals surface area contributed by atoms with Gasteiger partial charge < -0.3 is 9.47 Å². The van der Waals surface area contributed by atoms with E-state index >= 15 is 0 Å². The normalized spacial score (nSPS) is 12.0. The minimum atomic E-state index is -5.22. The van der Waals surface area contributed by atoms with Crippen LogP contribution in [0.2, 0.25) is 0 Å². The van der Waals surface area contributed by atoms with Crippen molar-refractivity contribution in [3.63, 3.8) is 0 Å². The van der Waals surface area contributed by atoms with E-state index in [9.17, 15) is 30.7 Å². The lowest BCUT2D eigenvalue weighted by Gasteiger charge is -2.19. The van der Waals surface area contributed by atoms with Crippen LogP contribution in [0, 0.1) is 11.6 Å². The molecule has 0 aromatic heterocycles. The van der Waals surface area contributed by atoms with Crippen molar-refractivity contribution in [3.05, 3.63) is 94.6 Å². The predicted molar refractivity (Wildman–Crippen MR) is 116 cm³/mol. The second kappa shape index (κ2) is 11.0. The van der Waals surface area contributed by atoms with E-state index in [1.807, 2.05) is 0 Å². The minimum absolute atomic E-state index is 0.0699. The van der Waals surface area contributed by atoms with E-state index in [1.54, 1.807) is 12.1 Å². The van der Waals surface area contributed by atoms with Gasteiger partial charge in [-0.1, -0.05) is 37.6 Å². The molecule has 35 heavy (non-hydrogen) atoms. The van der Waals surface area contributed by atoms with Crippen LogP contribution in [0.15, 0.2) is 60.7 Å². The average Bonchev–Trinajstić information content (AvgIpc) is 2.79. The molecule has 0 spiro atoms. The SMILES string of the molecule is CCCCc1ccc(C(F)(F)Oc2ccc(CCc3cc(F)c(OC(F)(F)F)c(F)c3)cc2)cc1. The Morgan fingerprint density at radius 3 is 1.71 bits per heavy atom. The van der Waals surface area contributed by atoms with Crippen LogP contribution in [0.3, 0.4) is 0 Å². The van der Waals surface area contributed by atoms with E-state index in [4.69, 9.17) is 4.74 Å². The molecular formula is C26H23F7O2. The molecule has 0 saturated heterocycles. The van der Waals surface area contributed by atoms with E-state index in [0.717, 1.165) is 37.0 Å². The average molecular weight is 500 g/mol. The van der Waals surface area contributed by atoms with Crippen LogP contribution in [-0.4, -0.2) is 6.36 Å². The van der Waals surface area contributed by atoms with Crippen LogP contribution < -0.4 is 9.47 Å². The summed E-state index contributed by atoms with van der Waals surface area (Å²) in [6.07, 6.45) is -5.61. The van der Waals surface area contributed by atoms with Gasteiger partial charge in [-0.15, -0.1) is 13.2 Å². The third-order valence-corrected chi connectivity index (χ3v) is 5.26. The number of hydrogen-bond acceptors (Lipinski definition) is 2. The van der Waals surface area contributed by atoms with E-state index in [0.29, 0.717) is 5.56 Å². The standard InChI is InChI=1S/C26H23F7O2/c1-2-3-4-17-7-11-20(12-8-17)25(29,30)34-21-13-9-18(10-14-21)5-6-19-15-22(27)24(23(28)16-19)35-26(31,32)33/h7-16H,2-6H2,1H3. The molecule has 188 valence electrons. The van der Waals surface area contributed by atoms with Crippen LogP contribution in [0.4, 0.5) is 30.7 Å². The summed E-state index contributed by atoms with van der Waals surface area (Å²) in [7, 11) is 0. The van der Waals surface area contributed by atoms with Gasteiger partial charge in [-0.3, -0.25) is 0 Å². The zero-order valence-corrected chi connectivity index (χ0v) is 18.8. The summed E-state index contributed by atoms with van der Waals surface area (Å²) < 4.78 is 102. The van der Waals surface area contributed by atoms with Gasteiger partial charge in [0.15, 0.2) is 11.6 Å². The summed E-state index contributed by atoms with van der Waals surface area (Å²) in [6.45, 7) is 2.05. The molecule has 0 bridgehead atoms. The number of aryl methyl sites for hydroxylation is 3. The number of unbranched alkanes of at least 4 members (excludes halogenated alkanes) is 1. The molecule has 0 fully saturated rings. The number of ether oxygens (including phenoxy) is 2. The Hall–Kier alpha value is -3.23. The highest BCUT2D eigenvalue weighted by molar-refractivity contribution is 5.33. The van der Waals surface area contributed by atoms with Crippen LogP contribution >= 0.6 is 0 Å². The van der Waals surface area contributed by atoms with Crippen molar-refractivity contribution in [2.75, 3.05) is 0 Å². The van der Waals surface area contributed by atoms with Gasteiger partial charge in [-0.05, 0) is 78.8 Å². The highest BCUT2D eigenvalue weighted by atomic mass is 19.4. The summed E-state index contributed by atoms with van der Waals surface area (Å²) >= 11 is 0. The summed E-state index contributed by atoms with van der Waals surface area (Å²) in [6, 6.07) is 13.2. The number of rotatable bonds is 10. The number of benzene rings is 3. The number of halogens is 7. The Kier molecular flexibility index (Phi) is 8.30. The van der Waals surface area contributed by atoms with Gasteiger partial charge >= 0.3 is 12.5 Å². The summed E-state index contributed by atoms with van der Waals surface area (Å²) in [5, 5.41) is 0. The molecule has 0 radical (unpaired) electrons. The fraction of sp³-hybridized carbons (Fsp3) is 0.308. The maximum atomic E-state index is 14.5. The van der Waals surface area contributed by atoms with Crippen molar-refractivity contribution < 1.29 is 40.2 Å². The molecular weight excluding hydrogens is 477 g/mol. The first-order chi connectivity index (χ1) is 16.5. The Morgan fingerprint density at radius 2 is 1.17 bits per heavy atom. The lowest BCUT2D eigenvalue weighted by atomic mass is 10.0. The van der Waals surface area contributed by atoms with Gasteiger partial charge in [-0.25, -0.2) is 8.78 Å². The first kappa shape index (κ1) is 26.4. The highest BCUT2D eigenvalue weighted by Gasteiger charge is 2.35. The smallest absolute Gasteiger partial charge is 0.429 e.